The van der Waals surface area contributed by atoms with Gasteiger partial charge in [-0.1, -0.05) is 29.8 Å². The highest BCUT2D eigenvalue weighted by Crippen LogP contribution is 2.44. The van der Waals surface area contributed by atoms with E-state index in [9.17, 15) is 18.4 Å². The Morgan fingerprint density at radius 3 is 2.64 bits per heavy atom. The summed E-state index contributed by atoms with van der Waals surface area (Å²) in [7, 11) is 0. The summed E-state index contributed by atoms with van der Waals surface area (Å²) in [5.74, 6) is -0.0145. The van der Waals surface area contributed by atoms with E-state index in [1.807, 2.05) is 23.1 Å². The lowest BCUT2D eigenvalue weighted by atomic mass is 9.70. The van der Waals surface area contributed by atoms with Gasteiger partial charge in [0.2, 0.25) is 5.91 Å². The number of rotatable bonds is 5. The second-order valence-corrected chi connectivity index (χ2v) is 10.8. The molecule has 2 aliphatic heterocycles. The van der Waals surface area contributed by atoms with E-state index in [1.54, 1.807) is 0 Å². The topological polar surface area (TPSA) is 74.3 Å². The Labute approximate surface area is 214 Å². The Kier molecular flexibility index (Phi) is 7.26. The van der Waals surface area contributed by atoms with Gasteiger partial charge < -0.3 is 15.5 Å². The fourth-order valence-corrected chi connectivity index (χ4v) is 6.21. The van der Waals surface area contributed by atoms with Gasteiger partial charge >= 0.3 is 0 Å². The fraction of sp³-hybridized carbons (Fsp3) is 0.519. The molecule has 1 aromatic carbocycles. The second-order valence-electron chi connectivity index (χ2n) is 10.3. The molecular formula is C27H31ClF2N4O2. The van der Waals surface area contributed by atoms with Crippen LogP contribution in [0, 0.1) is 11.3 Å². The number of aromatic nitrogens is 1. The van der Waals surface area contributed by atoms with Crippen LogP contribution in [0.5, 0.6) is 0 Å². The molecule has 0 radical (unpaired) electrons. The molecule has 2 amide bonds. The van der Waals surface area contributed by atoms with Crippen molar-refractivity contribution in [2.45, 2.75) is 57.4 Å². The molecule has 0 atom stereocenters. The van der Waals surface area contributed by atoms with E-state index < -0.39 is 18.0 Å². The number of alkyl halides is 2. The Hall–Kier alpha value is -2.58. The highest BCUT2D eigenvalue weighted by atomic mass is 35.5. The third-order valence-corrected chi connectivity index (χ3v) is 8.24. The van der Waals surface area contributed by atoms with Gasteiger partial charge in [-0.3, -0.25) is 14.6 Å². The zero-order chi connectivity index (χ0) is 25.3. The molecule has 0 unspecified atom stereocenters. The molecule has 3 heterocycles. The summed E-state index contributed by atoms with van der Waals surface area (Å²) < 4.78 is 26.6. The highest BCUT2D eigenvalue weighted by Gasteiger charge is 2.46. The molecule has 192 valence electrons. The molecule has 6 nitrogen and oxygen atoms in total. The summed E-state index contributed by atoms with van der Waals surface area (Å²) in [5, 5.41) is 6.42. The van der Waals surface area contributed by atoms with Crippen LogP contribution < -0.4 is 15.5 Å². The van der Waals surface area contributed by atoms with E-state index in [4.69, 9.17) is 11.6 Å². The third-order valence-electron chi connectivity index (χ3n) is 8.03. The van der Waals surface area contributed by atoms with Gasteiger partial charge in [-0.15, -0.1) is 0 Å². The zero-order valence-corrected chi connectivity index (χ0v) is 20.9. The van der Waals surface area contributed by atoms with Crippen molar-refractivity contribution in [1.29, 1.82) is 0 Å². The summed E-state index contributed by atoms with van der Waals surface area (Å²) in [6.07, 6.45) is 3.94. The number of carbonyl (C=O) groups is 2. The van der Waals surface area contributed by atoms with Crippen LogP contribution in [0.1, 0.15) is 66.6 Å². The quantitative estimate of drug-likeness (QED) is 0.591. The largest absolute Gasteiger partial charge is 0.349 e. The summed E-state index contributed by atoms with van der Waals surface area (Å²) in [5.41, 5.74) is 1.21. The average molecular weight is 517 g/mol. The van der Waals surface area contributed by atoms with E-state index in [-0.39, 0.29) is 28.0 Å². The van der Waals surface area contributed by atoms with Crippen molar-refractivity contribution in [1.82, 2.24) is 15.6 Å². The highest BCUT2D eigenvalue weighted by molar-refractivity contribution is 6.30. The number of benzene rings is 1. The minimum absolute atomic E-state index is 0.113. The van der Waals surface area contributed by atoms with Gasteiger partial charge in [0, 0.05) is 24.5 Å². The molecule has 1 saturated heterocycles. The molecule has 1 aliphatic carbocycles. The van der Waals surface area contributed by atoms with Gasteiger partial charge in [0.15, 0.2) is 0 Å². The molecule has 2 N–H and O–H groups in total. The molecule has 3 aliphatic rings. The SMILES string of the molecule is O=C(NC1CCC(CN2C(=O)C3(CCNCC3)Cc3ccccc32)CC1)c1cc(Cl)cnc1C(F)F. The van der Waals surface area contributed by atoms with Crippen LogP contribution in [0.25, 0.3) is 0 Å². The smallest absolute Gasteiger partial charge is 0.281 e. The fourth-order valence-electron chi connectivity index (χ4n) is 6.05. The average Bonchev–Trinajstić information content (AvgIpc) is 2.88. The van der Waals surface area contributed by atoms with Crippen molar-refractivity contribution in [3.8, 4) is 0 Å². The lowest BCUT2D eigenvalue weighted by Crippen LogP contribution is -2.54. The molecule has 5 rings (SSSR count). The number of piperidine rings is 1. The van der Waals surface area contributed by atoms with Gasteiger partial charge in [-0.05, 0) is 81.6 Å². The monoisotopic (exact) mass is 516 g/mol. The lowest BCUT2D eigenvalue weighted by Gasteiger charge is -2.46. The molecule has 0 bridgehead atoms. The standard InChI is InChI=1S/C27H31ClF2N4O2/c28-19-13-21(23(24(29)30)32-15-19)25(35)33-20-7-5-17(6-8-20)16-34-22-4-2-1-3-18(22)14-27(26(34)36)9-11-31-12-10-27/h1-4,13,15,17,20,24,31H,5-12,14,16H2,(H,33,35). The van der Waals surface area contributed by atoms with Crippen LogP contribution in [0.15, 0.2) is 36.5 Å². The van der Waals surface area contributed by atoms with Crippen LogP contribution >= 0.6 is 11.6 Å². The van der Waals surface area contributed by atoms with Crippen molar-refractivity contribution in [3.63, 3.8) is 0 Å². The minimum Gasteiger partial charge on any atom is -0.349 e. The molecule has 1 aromatic heterocycles. The normalized spacial score (nSPS) is 23.6. The Morgan fingerprint density at radius 1 is 1.19 bits per heavy atom. The van der Waals surface area contributed by atoms with E-state index in [2.05, 4.69) is 21.7 Å². The summed E-state index contributed by atoms with van der Waals surface area (Å²) >= 11 is 5.90. The van der Waals surface area contributed by atoms with Crippen LogP contribution in [0.2, 0.25) is 5.02 Å². The van der Waals surface area contributed by atoms with Crippen LogP contribution in [0.3, 0.4) is 0 Å². The Bertz CT molecular complexity index is 1130. The van der Waals surface area contributed by atoms with Gasteiger partial charge in [0.05, 0.1) is 16.0 Å². The van der Waals surface area contributed by atoms with Crippen molar-refractivity contribution in [2.75, 3.05) is 24.5 Å². The van der Waals surface area contributed by atoms with Crippen LogP contribution in [0.4, 0.5) is 14.5 Å². The lowest BCUT2D eigenvalue weighted by molar-refractivity contribution is -0.130. The Morgan fingerprint density at radius 2 is 1.92 bits per heavy atom. The number of hydrogen-bond acceptors (Lipinski definition) is 4. The van der Waals surface area contributed by atoms with Crippen molar-refractivity contribution in [2.24, 2.45) is 11.3 Å². The third kappa shape index (κ3) is 4.98. The van der Waals surface area contributed by atoms with E-state index in [1.165, 1.54) is 11.6 Å². The van der Waals surface area contributed by atoms with Gasteiger partial charge in [-0.25, -0.2) is 8.78 Å². The van der Waals surface area contributed by atoms with Gasteiger partial charge in [0.1, 0.15) is 5.69 Å². The first-order valence-electron chi connectivity index (χ1n) is 12.7. The number of hydrogen-bond donors (Lipinski definition) is 2. The molecule has 1 spiro atoms. The number of para-hydroxylation sites is 1. The molecule has 9 heteroatoms. The molecule has 2 fully saturated rings. The first kappa shape index (κ1) is 25.1. The molecular weight excluding hydrogens is 486 g/mol. The van der Waals surface area contributed by atoms with E-state index in [0.717, 1.165) is 69.9 Å². The summed E-state index contributed by atoms with van der Waals surface area (Å²) in [6, 6.07) is 9.36. The summed E-state index contributed by atoms with van der Waals surface area (Å²) in [4.78, 5) is 32.2. The van der Waals surface area contributed by atoms with E-state index >= 15 is 0 Å². The maximum absolute atomic E-state index is 13.8. The van der Waals surface area contributed by atoms with Crippen LogP contribution in [-0.2, 0) is 11.2 Å². The zero-order valence-electron chi connectivity index (χ0n) is 20.1. The molecule has 2 aromatic rings. The number of pyridine rings is 1. The number of carbonyl (C=O) groups excluding carboxylic acids is 2. The van der Waals surface area contributed by atoms with E-state index in [0.29, 0.717) is 12.5 Å². The maximum Gasteiger partial charge on any atom is 0.281 e. The number of amides is 2. The Balaban J connectivity index is 1.24. The van der Waals surface area contributed by atoms with Gasteiger partial charge in [0.25, 0.3) is 12.3 Å². The number of anilines is 1. The number of halogens is 3. The first-order chi connectivity index (χ1) is 17.4. The molecule has 36 heavy (non-hydrogen) atoms. The predicted molar refractivity (Wildman–Crippen MR) is 134 cm³/mol. The maximum atomic E-state index is 13.8. The number of nitrogens with one attached hydrogen (secondary N) is 2. The van der Waals surface area contributed by atoms with Crippen molar-refractivity contribution >= 4 is 29.1 Å². The minimum atomic E-state index is -2.85. The first-order valence-corrected chi connectivity index (χ1v) is 13.1. The number of fused-ring (bicyclic) bond motifs is 1. The van der Waals surface area contributed by atoms with Crippen molar-refractivity contribution in [3.05, 3.63) is 58.4 Å². The van der Waals surface area contributed by atoms with Crippen LogP contribution in [-0.4, -0.2) is 42.5 Å². The number of nitrogens with zero attached hydrogens (tertiary/aromatic N) is 2. The summed E-state index contributed by atoms with van der Waals surface area (Å²) in [6.45, 7) is 2.39. The van der Waals surface area contributed by atoms with Crippen molar-refractivity contribution < 1.29 is 18.4 Å². The van der Waals surface area contributed by atoms with Gasteiger partial charge in [-0.2, -0.15) is 0 Å². The molecule has 1 saturated carbocycles. The second kappa shape index (κ2) is 10.4. The predicted octanol–water partition coefficient (Wildman–Crippen LogP) is 4.92.